The maximum absolute atomic E-state index is 13.8. The lowest BCUT2D eigenvalue weighted by atomic mass is 10.0. The normalized spacial score (nSPS) is 19.5. The first-order valence-corrected chi connectivity index (χ1v) is 13.3. The van der Waals surface area contributed by atoms with Crippen molar-refractivity contribution in [3.63, 3.8) is 0 Å². The average molecular weight is 552 g/mol. The fourth-order valence-electron chi connectivity index (χ4n) is 4.66. The molecule has 2 N–H and O–H groups in total. The molecule has 11 heteroatoms. The Morgan fingerprint density at radius 1 is 1.23 bits per heavy atom. The molecular formula is C29H34FN5O5. The number of halogens is 1. The molecule has 2 atom stereocenters. The number of nitrogens with zero attached hydrogens (tertiary/aromatic N) is 3. The van der Waals surface area contributed by atoms with E-state index in [9.17, 15) is 9.18 Å². The summed E-state index contributed by atoms with van der Waals surface area (Å²) in [5.74, 6) is 0.396. The van der Waals surface area contributed by atoms with E-state index in [0.29, 0.717) is 78.4 Å². The molecule has 10 nitrogen and oxygen atoms in total. The molecule has 1 aromatic heterocycles. The van der Waals surface area contributed by atoms with Gasteiger partial charge in [0.15, 0.2) is 0 Å². The Kier molecular flexibility index (Phi) is 9.17. The third-order valence-corrected chi connectivity index (χ3v) is 6.96. The van der Waals surface area contributed by atoms with Crippen LogP contribution in [0.15, 0.2) is 48.8 Å². The molecule has 2 aliphatic heterocycles. The molecule has 0 aliphatic carbocycles. The highest BCUT2D eigenvalue weighted by molar-refractivity contribution is 6.03. The molecule has 5 rings (SSSR count). The predicted molar refractivity (Wildman–Crippen MR) is 150 cm³/mol. The van der Waals surface area contributed by atoms with Crippen LogP contribution < -0.4 is 15.4 Å². The van der Waals surface area contributed by atoms with Crippen LogP contribution in [0.4, 0.5) is 21.6 Å². The first-order chi connectivity index (χ1) is 19.5. The zero-order valence-electron chi connectivity index (χ0n) is 22.7. The number of amides is 1. The van der Waals surface area contributed by atoms with Gasteiger partial charge in [0.1, 0.15) is 36.4 Å². The Hall–Kier alpha value is -3.64. The van der Waals surface area contributed by atoms with Gasteiger partial charge < -0.3 is 29.6 Å². The molecule has 0 spiro atoms. The van der Waals surface area contributed by atoms with Gasteiger partial charge in [0.2, 0.25) is 5.91 Å². The van der Waals surface area contributed by atoms with Gasteiger partial charge in [-0.2, -0.15) is 0 Å². The summed E-state index contributed by atoms with van der Waals surface area (Å²) < 4.78 is 36.3. The highest BCUT2D eigenvalue weighted by Gasteiger charge is 2.26. The molecule has 3 heterocycles. The van der Waals surface area contributed by atoms with Crippen LogP contribution in [-0.2, 0) is 19.0 Å². The van der Waals surface area contributed by atoms with Crippen LogP contribution in [-0.4, -0.2) is 86.2 Å². The largest absolute Gasteiger partial charge is 0.489 e. The van der Waals surface area contributed by atoms with E-state index < -0.39 is 0 Å². The number of fused-ring (bicyclic) bond motifs is 1. The van der Waals surface area contributed by atoms with E-state index in [-0.39, 0.29) is 24.4 Å². The van der Waals surface area contributed by atoms with Gasteiger partial charge in [-0.25, -0.2) is 14.4 Å². The predicted octanol–water partition coefficient (Wildman–Crippen LogP) is 3.83. The van der Waals surface area contributed by atoms with E-state index in [0.717, 1.165) is 13.0 Å². The fraction of sp³-hybridized carbons (Fsp3) is 0.414. The molecule has 1 unspecified atom stereocenters. The van der Waals surface area contributed by atoms with Crippen molar-refractivity contribution in [2.45, 2.75) is 25.5 Å². The summed E-state index contributed by atoms with van der Waals surface area (Å²) >= 11 is 0. The Balaban J connectivity index is 1.37. The first kappa shape index (κ1) is 27.9. The number of anilines is 3. The summed E-state index contributed by atoms with van der Waals surface area (Å²) in [7, 11) is 1.70. The highest BCUT2D eigenvalue weighted by atomic mass is 19.1. The van der Waals surface area contributed by atoms with Gasteiger partial charge in [0, 0.05) is 49.5 Å². The highest BCUT2D eigenvalue weighted by Crippen LogP contribution is 2.34. The molecular weight excluding hydrogens is 517 g/mol. The minimum atomic E-state index is -0.286. The Bertz CT molecular complexity index is 1360. The van der Waals surface area contributed by atoms with Crippen molar-refractivity contribution in [2.24, 2.45) is 0 Å². The lowest BCUT2D eigenvalue weighted by molar-refractivity contribution is -0.112. The Labute approximate surface area is 232 Å². The molecule has 40 heavy (non-hydrogen) atoms. The lowest BCUT2D eigenvalue weighted by Crippen LogP contribution is -2.50. The smallest absolute Gasteiger partial charge is 0.248 e. The quantitative estimate of drug-likeness (QED) is 0.344. The number of likely N-dealkylation sites (tertiary alicyclic amines) is 1. The number of carbonyl (C=O) groups excluding carboxylic acids is 1. The van der Waals surface area contributed by atoms with Crippen LogP contribution in [0.2, 0.25) is 0 Å². The van der Waals surface area contributed by atoms with Crippen molar-refractivity contribution in [3.05, 3.63) is 60.2 Å². The molecule has 0 radical (unpaired) electrons. The molecule has 2 aliphatic rings. The van der Waals surface area contributed by atoms with Crippen LogP contribution in [0.5, 0.6) is 5.75 Å². The van der Waals surface area contributed by atoms with Crippen LogP contribution >= 0.6 is 0 Å². The van der Waals surface area contributed by atoms with E-state index >= 15 is 0 Å². The second-order valence-corrected chi connectivity index (χ2v) is 9.84. The standard InChI is InChI=1S/C29H34FN5O5/c1-19-12-20(5-6-24(19)30)33-29-23-13-26(34-28(36)4-3-8-35-9-7-21(35)15-37-2)27(14-25(23)31-18-32-29)40-17-22-16-38-10-11-39-22/h3-6,12-14,18,21-22H,7-11,15-17H2,1-2H3,(H,34,36)(H,31,32,33)/b4-3+/t21?,22-/m0/s1. The fourth-order valence-corrected chi connectivity index (χ4v) is 4.66. The number of nitrogens with one attached hydrogen (secondary N) is 2. The van der Waals surface area contributed by atoms with Gasteiger partial charge in [-0.15, -0.1) is 0 Å². The number of hydrogen-bond acceptors (Lipinski definition) is 9. The summed E-state index contributed by atoms with van der Waals surface area (Å²) in [5, 5.41) is 6.84. The van der Waals surface area contributed by atoms with E-state index in [1.54, 1.807) is 38.3 Å². The van der Waals surface area contributed by atoms with Crippen molar-refractivity contribution >= 4 is 34.0 Å². The SMILES string of the molecule is COCC1CCN1C/C=C/C(=O)Nc1cc2c(Nc3ccc(F)c(C)c3)ncnc2cc1OC[C@@H]1COCCO1. The van der Waals surface area contributed by atoms with Crippen molar-refractivity contribution < 1.29 is 28.1 Å². The number of rotatable bonds is 11. The molecule has 2 aromatic carbocycles. The topological polar surface area (TPSA) is 107 Å². The molecule has 0 saturated carbocycles. The maximum Gasteiger partial charge on any atom is 0.248 e. The summed E-state index contributed by atoms with van der Waals surface area (Å²) in [6, 6.07) is 8.67. The maximum atomic E-state index is 13.8. The van der Waals surface area contributed by atoms with Gasteiger partial charge in [0.25, 0.3) is 0 Å². The molecule has 2 saturated heterocycles. The minimum Gasteiger partial charge on any atom is -0.489 e. The van der Waals surface area contributed by atoms with Crippen LogP contribution in [0.25, 0.3) is 10.9 Å². The second kappa shape index (κ2) is 13.1. The summed E-state index contributed by atoms with van der Waals surface area (Å²) in [5.41, 5.74) is 2.27. The van der Waals surface area contributed by atoms with Crippen molar-refractivity contribution in [3.8, 4) is 5.75 Å². The van der Waals surface area contributed by atoms with E-state index in [4.69, 9.17) is 18.9 Å². The third kappa shape index (κ3) is 6.92. The monoisotopic (exact) mass is 551 g/mol. The molecule has 1 amide bonds. The van der Waals surface area contributed by atoms with Crippen molar-refractivity contribution in [2.75, 3.05) is 63.9 Å². The van der Waals surface area contributed by atoms with Gasteiger partial charge in [-0.05, 0) is 43.2 Å². The number of carbonyl (C=O) groups is 1. The number of methoxy groups -OCH3 is 1. The zero-order valence-corrected chi connectivity index (χ0v) is 22.7. The first-order valence-electron chi connectivity index (χ1n) is 13.3. The summed E-state index contributed by atoms with van der Waals surface area (Å²) in [6.07, 6.45) is 5.69. The molecule has 0 bridgehead atoms. The van der Waals surface area contributed by atoms with Gasteiger partial charge >= 0.3 is 0 Å². The Morgan fingerprint density at radius 3 is 2.88 bits per heavy atom. The minimum absolute atomic E-state index is 0.214. The Morgan fingerprint density at radius 2 is 2.12 bits per heavy atom. The van der Waals surface area contributed by atoms with Crippen molar-refractivity contribution in [1.29, 1.82) is 0 Å². The molecule has 3 aromatic rings. The lowest BCUT2D eigenvalue weighted by Gasteiger charge is -2.39. The van der Waals surface area contributed by atoms with E-state index in [1.165, 1.54) is 18.5 Å². The van der Waals surface area contributed by atoms with E-state index in [1.807, 2.05) is 6.08 Å². The van der Waals surface area contributed by atoms with Gasteiger partial charge in [-0.1, -0.05) is 6.08 Å². The molecule has 2 fully saturated rings. The van der Waals surface area contributed by atoms with Crippen molar-refractivity contribution in [1.82, 2.24) is 14.9 Å². The number of aryl methyl sites for hydroxylation is 1. The summed E-state index contributed by atoms with van der Waals surface area (Å²) in [4.78, 5) is 24.0. The number of aromatic nitrogens is 2. The third-order valence-electron chi connectivity index (χ3n) is 6.96. The van der Waals surface area contributed by atoms with Crippen LogP contribution in [0, 0.1) is 12.7 Å². The van der Waals surface area contributed by atoms with Gasteiger partial charge in [0.05, 0.1) is 37.6 Å². The number of benzene rings is 2. The van der Waals surface area contributed by atoms with Gasteiger partial charge in [-0.3, -0.25) is 9.69 Å². The second-order valence-electron chi connectivity index (χ2n) is 9.84. The zero-order chi connectivity index (χ0) is 27.9. The number of hydrogen-bond donors (Lipinski definition) is 2. The summed E-state index contributed by atoms with van der Waals surface area (Å²) in [6.45, 7) is 5.79. The number of ether oxygens (including phenoxy) is 4. The van der Waals surface area contributed by atoms with Crippen LogP contribution in [0.1, 0.15) is 12.0 Å². The average Bonchev–Trinajstić information content (AvgIpc) is 2.95. The van der Waals surface area contributed by atoms with E-state index in [2.05, 4.69) is 25.5 Å². The van der Waals surface area contributed by atoms with Crippen LogP contribution in [0.3, 0.4) is 0 Å². The molecule has 212 valence electrons.